The largest absolute Gasteiger partial charge is 0.497 e. The van der Waals surface area contributed by atoms with Crippen molar-refractivity contribution in [3.8, 4) is 11.5 Å². The Hall–Kier alpha value is -1.29. The van der Waals surface area contributed by atoms with Gasteiger partial charge in [-0.3, -0.25) is 0 Å². The van der Waals surface area contributed by atoms with Crippen molar-refractivity contribution in [3.05, 3.63) is 23.8 Å². The zero-order chi connectivity index (χ0) is 13.0. The van der Waals surface area contributed by atoms with Crippen LogP contribution in [0.15, 0.2) is 18.2 Å². The highest BCUT2D eigenvalue weighted by atomic mass is 32.1. The molecule has 3 nitrogen and oxygen atoms in total. The lowest BCUT2D eigenvalue weighted by atomic mass is 9.97. The van der Waals surface area contributed by atoms with E-state index in [0.29, 0.717) is 4.99 Å². The van der Waals surface area contributed by atoms with Crippen LogP contribution in [0.5, 0.6) is 11.5 Å². The fourth-order valence-electron chi connectivity index (χ4n) is 2.29. The number of nitrogens with two attached hydrogens (primary N) is 1. The summed E-state index contributed by atoms with van der Waals surface area (Å²) in [5.74, 6) is 1.51. The molecule has 1 aliphatic carbocycles. The summed E-state index contributed by atoms with van der Waals surface area (Å²) < 4.78 is 11.3. The van der Waals surface area contributed by atoms with E-state index in [0.717, 1.165) is 29.9 Å². The standard InChI is InChI=1S/C14H19NO2S/c1-16-11-7-8-12(14(15)18)13(9-11)17-10-5-3-2-4-6-10/h7-10H,2-6H2,1H3,(H2,15,18). The molecule has 0 radical (unpaired) electrons. The quantitative estimate of drug-likeness (QED) is 0.850. The number of hydrogen-bond acceptors (Lipinski definition) is 3. The molecule has 0 heterocycles. The molecule has 1 aromatic carbocycles. The van der Waals surface area contributed by atoms with E-state index in [1.165, 1.54) is 19.3 Å². The lowest BCUT2D eigenvalue weighted by Gasteiger charge is -2.24. The molecule has 4 heteroatoms. The zero-order valence-electron chi connectivity index (χ0n) is 10.6. The fraction of sp³-hybridized carbons (Fsp3) is 0.500. The third kappa shape index (κ3) is 3.13. The van der Waals surface area contributed by atoms with Gasteiger partial charge in [0.2, 0.25) is 0 Å². The molecule has 1 aromatic rings. The Bertz CT molecular complexity index is 428. The summed E-state index contributed by atoms with van der Waals surface area (Å²) in [5.41, 5.74) is 6.51. The Morgan fingerprint density at radius 3 is 2.61 bits per heavy atom. The molecule has 0 unspecified atom stereocenters. The molecule has 1 aliphatic rings. The van der Waals surface area contributed by atoms with E-state index in [1.54, 1.807) is 7.11 Å². The number of ether oxygens (including phenoxy) is 2. The highest BCUT2D eigenvalue weighted by molar-refractivity contribution is 7.80. The van der Waals surface area contributed by atoms with Crippen LogP contribution in [0.1, 0.15) is 37.7 Å². The molecule has 2 rings (SSSR count). The Balaban J connectivity index is 2.19. The second kappa shape index (κ2) is 6.05. The van der Waals surface area contributed by atoms with Gasteiger partial charge in [-0.05, 0) is 37.8 Å². The van der Waals surface area contributed by atoms with Crippen LogP contribution in [0.2, 0.25) is 0 Å². The molecule has 0 amide bonds. The summed E-state index contributed by atoms with van der Waals surface area (Å²) in [6.07, 6.45) is 6.26. The number of methoxy groups -OCH3 is 1. The van der Waals surface area contributed by atoms with Crippen molar-refractivity contribution in [2.45, 2.75) is 38.2 Å². The molecule has 0 bridgehead atoms. The van der Waals surface area contributed by atoms with Gasteiger partial charge in [-0.1, -0.05) is 18.6 Å². The van der Waals surface area contributed by atoms with Crippen molar-refractivity contribution < 1.29 is 9.47 Å². The van der Waals surface area contributed by atoms with E-state index in [9.17, 15) is 0 Å². The van der Waals surface area contributed by atoms with Crippen LogP contribution in [0.3, 0.4) is 0 Å². The molecular formula is C14H19NO2S. The van der Waals surface area contributed by atoms with E-state index in [2.05, 4.69) is 0 Å². The molecule has 1 saturated carbocycles. The van der Waals surface area contributed by atoms with Gasteiger partial charge >= 0.3 is 0 Å². The summed E-state index contributed by atoms with van der Waals surface area (Å²) >= 11 is 5.05. The summed E-state index contributed by atoms with van der Waals surface area (Å²) in [6, 6.07) is 5.57. The number of hydrogen-bond donors (Lipinski definition) is 1. The van der Waals surface area contributed by atoms with Crippen LogP contribution in [0, 0.1) is 0 Å². The molecule has 0 atom stereocenters. The van der Waals surface area contributed by atoms with Crippen molar-refractivity contribution >= 4 is 17.2 Å². The van der Waals surface area contributed by atoms with Crippen LogP contribution in [-0.2, 0) is 0 Å². The van der Waals surface area contributed by atoms with Crippen LogP contribution >= 0.6 is 12.2 Å². The topological polar surface area (TPSA) is 44.5 Å². The number of benzene rings is 1. The van der Waals surface area contributed by atoms with Crippen LogP contribution in [0.25, 0.3) is 0 Å². The second-order valence-corrected chi connectivity index (χ2v) is 5.04. The molecule has 18 heavy (non-hydrogen) atoms. The van der Waals surface area contributed by atoms with Crippen LogP contribution in [-0.4, -0.2) is 18.2 Å². The molecule has 0 saturated heterocycles. The van der Waals surface area contributed by atoms with E-state index in [-0.39, 0.29) is 6.10 Å². The maximum absolute atomic E-state index is 6.04. The zero-order valence-corrected chi connectivity index (χ0v) is 11.5. The van der Waals surface area contributed by atoms with Gasteiger partial charge in [-0.15, -0.1) is 0 Å². The third-order valence-corrected chi connectivity index (χ3v) is 3.52. The second-order valence-electron chi connectivity index (χ2n) is 4.60. The summed E-state index contributed by atoms with van der Waals surface area (Å²) in [6.45, 7) is 0. The first-order valence-corrected chi connectivity index (χ1v) is 6.76. The Morgan fingerprint density at radius 2 is 2.00 bits per heavy atom. The van der Waals surface area contributed by atoms with Crippen molar-refractivity contribution in [3.63, 3.8) is 0 Å². The highest BCUT2D eigenvalue weighted by Crippen LogP contribution is 2.29. The molecule has 0 spiro atoms. The first-order valence-electron chi connectivity index (χ1n) is 6.35. The molecule has 0 aliphatic heterocycles. The minimum absolute atomic E-state index is 0.277. The first kappa shape index (κ1) is 13.1. The summed E-state index contributed by atoms with van der Waals surface area (Å²) in [5, 5.41) is 0. The lowest BCUT2D eigenvalue weighted by molar-refractivity contribution is 0.154. The van der Waals surface area contributed by atoms with Crippen molar-refractivity contribution in [1.82, 2.24) is 0 Å². The molecule has 1 fully saturated rings. The summed E-state index contributed by atoms with van der Waals surface area (Å²) in [4.78, 5) is 0.364. The lowest BCUT2D eigenvalue weighted by Crippen LogP contribution is -2.21. The van der Waals surface area contributed by atoms with Gasteiger partial charge in [0.1, 0.15) is 16.5 Å². The predicted molar refractivity (Wildman–Crippen MR) is 76.4 cm³/mol. The van der Waals surface area contributed by atoms with E-state index in [1.807, 2.05) is 18.2 Å². The Kier molecular flexibility index (Phi) is 4.42. The van der Waals surface area contributed by atoms with E-state index >= 15 is 0 Å². The van der Waals surface area contributed by atoms with Gasteiger partial charge < -0.3 is 15.2 Å². The van der Waals surface area contributed by atoms with Gasteiger partial charge in [0.25, 0.3) is 0 Å². The average Bonchev–Trinajstić information content (AvgIpc) is 2.39. The Morgan fingerprint density at radius 1 is 1.28 bits per heavy atom. The highest BCUT2D eigenvalue weighted by Gasteiger charge is 2.17. The maximum atomic E-state index is 6.04. The maximum Gasteiger partial charge on any atom is 0.133 e. The van der Waals surface area contributed by atoms with Gasteiger partial charge in [0.15, 0.2) is 0 Å². The fourth-order valence-corrected chi connectivity index (χ4v) is 2.46. The molecular weight excluding hydrogens is 246 g/mol. The minimum Gasteiger partial charge on any atom is -0.497 e. The SMILES string of the molecule is COc1ccc(C(N)=S)c(OC2CCCCC2)c1. The predicted octanol–water partition coefficient (Wildman–Crippen LogP) is 3.04. The van der Waals surface area contributed by atoms with Crippen molar-refractivity contribution in [2.75, 3.05) is 7.11 Å². The van der Waals surface area contributed by atoms with Gasteiger partial charge in [-0.2, -0.15) is 0 Å². The average molecular weight is 265 g/mol. The van der Waals surface area contributed by atoms with Crippen molar-refractivity contribution in [1.29, 1.82) is 0 Å². The van der Waals surface area contributed by atoms with E-state index < -0.39 is 0 Å². The Labute approximate surface area is 113 Å². The number of thiocarbonyl (C=S) groups is 1. The van der Waals surface area contributed by atoms with Crippen molar-refractivity contribution in [2.24, 2.45) is 5.73 Å². The third-order valence-electron chi connectivity index (χ3n) is 3.30. The molecule has 98 valence electrons. The monoisotopic (exact) mass is 265 g/mol. The van der Waals surface area contributed by atoms with Crippen LogP contribution in [0.4, 0.5) is 0 Å². The molecule has 2 N–H and O–H groups in total. The number of rotatable bonds is 4. The molecule has 0 aromatic heterocycles. The first-order chi connectivity index (χ1) is 8.70. The van der Waals surface area contributed by atoms with Gasteiger partial charge in [0, 0.05) is 6.07 Å². The van der Waals surface area contributed by atoms with E-state index in [4.69, 9.17) is 27.4 Å². The van der Waals surface area contributed by atoms with Gasteiger partial charge in [0.05, 0.1) is 18.8 Å². The normalized spacial score (nSPS) is 16.3. The van der Waals surface area contributed by atoms with Gasteiger partial charge in [-0.25, -0.2) is 0 Å². The summed E-state index contributed by atoms with van der Waals surface area (Å²) in [7, 11) is 1.64. The minimum atomic E-state index is 0.277. The smallest absolute Gasteiger partial charge is 0.133 e. The van der Waals surface area contributed by atoms with Crippen LogP contribution < -0.4 is 15.2 Å².